The molecule has 0 saturated heterocycles. The van der Waals surface area contributed by atoms with Crippen molar-refractivity contribution in [2.75, 3.05) is 7.11 Å². The average Bonchev–Trinajstić information content (AvgIpc) is 3.14. The normalized spacial score (nSPS) is 44.1. The third kappa shape index (κ3) is 4.48. The summed E-state index contributed by atoms with van der Waals surface area (Å²) in [5, 5.41) is 13.1. The van der Waals surface area contributed by atoms with Gasteiger partial charge in [0.2, 0.25) is 5.91 Å². The van der Waals surface area contributed by atoms with Gasteiger partial charge in [0.05, 0.1) is 13.2 Å². The van der Waals surface area contributed by atoms with E-state index in [1.54, 1.807) is 6.92 Å². The predicted octanol–water partition coefficient (Wildman–Crippen LogP) is 5.10. The number of carbonyl (C=O) groups is 2. The molecule has 0 aromatic carbocycles. The van der Waals surface area contributed by atoms with E-state index in [0.717, 1.165) is 37.0 Å². The molecule has 0 bridgehead atoms. The number of amides is 1. The molecule has 0 heterocycles. The van der Waals surface area contributed by atoms with Crippen molar-refractivity contribution in [3.63, 3.8) is 0 Å². The van der Waals surface area contributed by atoms with Crippen molar-refractivity contribution in [1.29, 1.82) is 0 Å². The summed E-state index contributed by atoms with van der Waals surface area (Å²) in [6.45, 7) is 9.16. The Hall–Kier alpha value is -1.10. The number of fused-ring (bicyclic) bond motifs is 5. The van der Waals surface area contributed by atoms with Crippen LogP contribution in [0, 0.1) is 46.3 Å². The van der Waals surface area contributed by atoms with Gasteiger partial charge in [0.25, 0.3) is 0 Å². The summed E-state index contributed by atoms with van der Waals surface area (Å²) in [7, 11) is 1.35. The SMILES string of the molecule is COC(=O)[C@@H](C)NC(=O)CC[C@@H](C)[C@H]1CC[C@H]2[C@@H]3CC[C@@H]4C[C@H](O)CC[C@]4(C)[C@H]3CC[C@]12C. The second kappa shape index (κ2) is 9.51. The Balaban J connectivity index is 1.37. The molecule has 10 atom stereocenters. The van der Waals surface area contributed by atoms with Crippen molar-refractivity contribution >= 4 is 11.9 Å². The standard InChI is InChI=1S/C28H47NO4/c1-17(6-11-25(31)29-18(2)26(32)33-5)22-9-10-23-21-8-7-19-16-20(30)12-14-27(19,3)24(21)13-15-28(22,23)4/h17-24,30H,6-16H2,1-5H3,(H,29,31)/t17-,18-,19-,20-,21+,22-,23+,24+,27+,28-/m1/s1. The van der Waals surface area contributed by atoms with Gasteiger partial charge in [-0.15, -0.1) is 0 Å². The van der Waals surface area contributed by atoms with Crippen LogP contribution in [0.1, 0.15) is 98.3 Å². The van der Waals surface area contributed by atoms with E-state index in [-0.39, 0.29) is 12.0 Å². The Kier molecular flexibility index (Phi) is 7.21. The topological polar surface area (TPSA) is 75.6 Å². The lowest BCUT2D eigenvalue weighted by atomic mass is 9.44. The average molecular weight is 462 g/mol. The molecule has 2 N–H and O–H groups in total. The van der Waals surface area contributed by atoms with Crippen LogP contribution < -0.4 is 5.32 Å². The van der Waals surface area contributed by atoms with Gasteiger partial charge in [0.15, 0.2) is 0 Å². The molecule has 5 nitrogen and oxygen atoms in total. The van der Waals surface area contributed by atoms with Crippen LogP contribution in [0.5, 0.6) is 0 Å². The van der Waals surface area contributed by atoms with Crippen LogP contribution in [-0.2, 0) is 14.3 Å². The van der Waals surface area contributed by atoms with Crippen LogP contribution in [0.3, 0.4) is 0 Å². The van der Waals surface area contributed by atoms with Crippen LogP contribution in [0.15, 0.2) is 0 Å². The first kappa shape index (κ1) is 25.0. The molecular formula is C28H47NO4. The molecule has 4 saturated carbocycles. The Morgan fingerprint density at radius 3 is 2.42 bits per heavy atom. The second-order valence-corrected chi connectivity index (χ2v) is 12.6. The molecule has 0 aromatic rings. The van der Waals surface area contributed by atoms with Crippen molar-refractivity contribution in [2.24, 2.45) is 46.3 Å². The first-order valence-electron chi connectivity index (χ1n) is 13.7. The highest BCUT2D eigenvalue weighted by Gasteiger charge is 2.60. The molecule has 4 aliphatic rings. The van der Waals surface area contributed by atoms with E-state index in [0.29, 0.717) is 35.0 Å². The molecular weight excluding hydrogens is 414 g/mol. The van der Waals surface area contributed by atoms with Gasteiger partial charge in [-0.1, -0.05) is 20.8 Å². The molecule has 0 spiro atoms. The summed E-state index contributed by atoms with van der Waals surface area (Å²) < 4.78 is 4.71. The molecule has 4 fully saturated rings. The maximum atomic E-state index is 12.4. The van der Waals surface area contributed by atoms with Crippen molar-refractivity contribution in [1.82, 2.24) is 5.32 Å². The highest BCUT2D eigenvalue weighted by molar-refractivity contribution is 5.84. The van der Waals surface area contributed by atoms with Crippen LogP contribution in [0.4, 0.5) is 0 Å². The first-order valence-corrected chi connectivity index (χ1v) is 13.7. The number of methoxy groups -OCH3 is 1. The Morgan fingerprint density at radius 1 is 1.00 bits per heavy atom. The fourth-order valence-corrected chi connectivity index (χ4v) is 9.32. The Bertz CT molecular complexity index is 739. The molecule has 0 aromatic heterocycles. The summed E-state index contributed by atoms with van der Waals surface area (Å²) in [6.07, 6.45) is 12.5. The number of rotatable bonds is 6. The lowest BCUT2D eigenvalue weighted by molar-refractivity contribution is -0.144. The van der Waals surface area contributed by atoms with Gasteiger partial charge >= 0.3 is 5.97 Å². The van der Waals surface area contributed by atoms with Crippen molar-refractivity contribution < 1.29 is 19.4 Å². The zero-order valence-corrected chi connectivity index (χ0v) is 21.6. The van der Waals surface area contributed by atoms with E-state index >= 15 is 0 Å². The molecule has 0 radical (unpaired) electrons. The number of aliphatic hydroxyl groups is 1. The van der Waals surface area contributed by atoms with E-state index < -0.39 is 12.0 Å². The summed E-state index contributed by atoms with van der Waals surface area (Å²) in [6, 6.07) is -0.584. The molecule has 4 rings (SSSR count). The van der Waals surface area contributed by atoms with Crippen molar-refractivity contribution in [3.8, 4) is 0 Å². The number of aliphatic hydroxyl groups excluding tert-OH is 1. The molecule has 0 unspecified atom stereocenters. The smallest absolute Gasteiger partial charge is 0.328 e. The van der Waals surface area contributed by atoms with Crippen molar-refractivity contribution in [3.05, 3.63) is 0 Å². The van der Waals surface area contributed by atoms with E-state index in [9.17, 15) is 14.7 Å². The summed E-state index contributed by atoms with van der Waals surface area (Å²) in [5.74, 6) is 3.99. The number of nitrogens with one attached hydrogen (secondary N) is 1. The quantitative estimate of drug-likeness (QED) is 0.540. The minimum atomic E-state index is -0.584. The molecule has 0 aliphatic heterocycles. The largest absolute Gasteiger partial charge is 0.467 e. The van der Waals surface area contributed by atoms with Gasteiger partial charge < -0.3 is 15.2 Å². The first-order chi connectivity index (χ1) is 15.6. The van der Waals surface area contributed by atoms with Crippen LogP contribution >= 0.6 is 0 Å². The molecule has 1 amide bonds. The third-order valence-electron chi connectivity index (χ3n) is 11.2. The number of hydrogen-bond acceptors (Lipinski definition) is 4. The van der Waals surface area contributed by atoms with Gasteiger partial charge in [-0.2, -0.15) is 0 Å². The predicted molar refractivity (Wildman–Crippen MR) is 129 cm³/mol. The zero-order valence-electron chi connectivity index (χ0n) is 21.6. The number of hydrogen-bond donors (Lipinski definition) is 2. The minimum Gasteiger partial charge on any atom is -0.467 e. The lowest BCUT2D eigenvalue weighted by Gasteiger charge is -2.61. The summed E-state index contributed by atoms with van der Waals surface area (Å²) in [5.41, 5.74) is 0.829. The van der Waals surface area contributed by atoms with Gasteiger partial charge in [-0.05, 0) is 117 Å². The fraction of sp³-hybridized carbons (Fsp3) is 0.929. The molecule has 5 heteroatoms. The lowest BCUT2D eigenvalue weighted by Crippen LogP contribution is -2.54. The second-order valence-electron chi connectivity index (χ2n) is 12.6. The fourth-order valence-electron chi connectivity index (χ4n) is 9.32. The maximum absolute atomic E-state index is 12.4. The van der Waals surface area contributed by atoms with E-state index in [1.807, 2.05) is 0 Å². The van der Waals surface area contributed by atoms with Gasteiger partial charge in [0.1, 0.15) is 6.04 Å². The number of carbonyl (C=O) groups excluding carboxylic acids is 2. The molecule has 33 heavy (non-hydrogen) atoms. The van der Waals surface area contributed by atoms with Crippen LogP contribution in [0.2, 0.25) is 0 Å². The summed E-state index contributed by atoms with van der Waals surface area (Å²) >= 11 is 0. The van der Waals surface area contributed by atoms with Crippen LogP contribution in [0.25, 0.3) is 0 Å². The van der Waals surface area contributed by atoms with Gasteiger partial charge in [-0.25, -0.2) is 4.79 Å². The van der Waals surface area contributed by atoms with Gasteiger partial charge in [-0.3, -0.25) is 4.79 Å². The molecule has 4 aliphatic carbocycles. The number of esters is 1. The molecule has 188 valence electrons. The monoisotopic (exact) mass is 461 g/mol. The van der Waals surface area contributed by atoms with E-state index in [2.05, 4.69) is 26.1 Å². The highest BCUT2D eigenvalue weighted by Crippen LogP contribution is 2.68. The van der Waals surface area contributed by atoms with E-state index in [4.69, 9.17) is 4.74 Å². The maximum Gasteiger partial charge on any atom is 0.328 e. The van der Waals surface area contributed by atoms with E-state index in [1.165, 1.54) is 52.1 Å². The highest BCUT2D eigenvalue weighted by atomic mass is 16.5. The number of ether oxygens (including phenoxy) is 1. The Labute approximate surface area is 200 Å². The zero-order chi connectivity index (χ0) is 24.0. The van der Waals surface area contributed by atoms with Crippen molar-refractivity contribution in [2.45, 2.75) is 110 Å². The summed E-state index contributed by atoms with van der Waals surface area (Å²) in [4.78, 5) is 24.0. The minimum absolute atomic E-state index is 0.0473. The Morgan fingerprint density at radius 2 is 1.70 bits per heavy atom. The third-order valence-corrected chi connectivity index (χ3v) is 11.2. The van der Waals surface area contributed by atoms with Crippen LogP contribution in [-0.4, -0.2) is 36.2 Å². The van der Waals surface area contributed by atoms with Gasteiger partial charge in [0, 0.05) is 6.42 Å².